The quantitative estimate of drug-likeness (QED) is 0.757. The van der Waals surface area contributed by atoms with E-state index in [0.29, 0.717) is 42.9 Å². The Labute approximate surface area is 154 Å². The van der Waals surface area contributed by atoms with Gasteiger partial charge in [-0.25, -0.2) is 0 Å². The number of carbonyl (C=O) groups is 2. The van der Waals surface area contributed by atoms with Crippen molar-refractivity contribution in [3.8, 4) is 11.5 Å². The lowest BCUT2D eigenvalue weighted by atomic mass is 10.1. The van der Waals surface area contributed by atoms with Crippen molar-refractivity contribution in [1.29, 1.82) is 0 Å². The number of ether oxygens (including phenoxy) is 2. The number of piperidine rings is 1. The minimum atomic E-state index is -0.0697. The second-order valence-electron chi connectivity index (χ2n) is 7.03. The van der Waals surface area contributed by atoms with Crippen LogP contribution in [0.5, 0.6) is 11.5 Å². The number of rotatable bonds is 7. The normalized spacial score (nSPS) is 18.2. The third kappa shape index (κ3) is 4.97. The molecule has 2 aliphatic heterocycles. The Bertz CT molecular complexity index is 641. The van der Waals surface area contributed by atoms with Crippen LogP contribution >= 0.6 is 0 Å². The number of hydrogen-bond acceptors (Lipinski definition) is 5. The van der Waals surface area contributed by atoms with Gasteiger partial charge in [-0.2, -0.15) is 0 Å². The molecule has 6 nitrogen and oxygen atoms in total. The average Bonchev–Trinajstić information content (AvgIpc) is 2.70. The summed E-state index contributed by atoms with van der Waals surface area (Å²) < 4.78 is 11.0. The molecule has 1 fully saturated rings. The zero-order valence-electron chi connectivity index (χ0n) is 15.5. The van der Waals surface area contributed by atoms with Crippen molar-refractivity contribution in [1.82, 2.24) is 10.2 Å². The minimum Gasteiger partial charge on any atom is -0.486 e. The minimum absolute atomic E-state index is 0.0544. The third-order valence-electron chi connectivity index (χ3n) is 5.05. The smallest absolute Gasteiger partial charge is 0.220 e. The Morgan fingerprint density at radius 1 is 1.08 bits per heavy atom. The van der Waals surface area contributed by atoms with Crippen molar-refractivity contribution in [2.45, 2.75) is 45.1 Å². The molecule has 6 heteroatoms. The summed E-state index contributed by atoms with van der Waals surface area (Å²) in [6.45, 7) is 6.01. The summed E-state index contributed by atoms with van der Waals surface area (Å²) in [4.78, 5) is 26.8. The van der Waals surface area contributed by atoms with Crippen molar-refractivity contribution in [3.05, 3.63) is 23.8 Å². The average molecular weight is 360 g/mol. The molecule has 1 amide bonds. The van der Waals surface area contributed by atoms with Gasteiger partial charge >= 0.3 is 0 Å². The lowest BCUT2D eigenvalue weighted by Crippen LogP contribution is -2.44. The van der Waals surface area contributed by atoms with Gasteiger partial charge in [0.15, 0.2) is 17.3 Å². The molecule has 2 aliphatic rings. The van der Waals surface area contributed by atoms with E-state index in [1.165, 1.54) is 19.3 Å². The van der Waals surface area contributed by atoms with Gasteiger partial charge in [0.25, 0.3) is 0 Å². The maximum absolute atomic E-state index is 12.3. The van der Waals surface area contributed by atoms with Crippen molar-refractivity contribution in [2.75, 3.05) is 32.8 Å². The molecule has 3 rings (SSSR count). The maximum atomic E-state index is 12.3. The van der Waals surface area contributed by atoms with Crippen LogP contribution in [0.4, 0.5) is 0 Å². The van der Waals surface area contributed by atoms with Gasteiger partial charge in [-0.3, -0.25) is 14.5 Å². The van der Waals surface area contributed by atoms with Crippen LogP contribution in [0.25, 0.3) is 0 Å². The van der Waals surface area contributed by atoms with Gasteiger partial charge in [0.05, 0.1) is 0 Å². The summed E-state index contributed by atoms with van der Waals surface area (Å²) in [6, 6.07) is 5.52. The van der Waals surface area contributed by atoms with Crippen LogP contribution in [-0.2, 0) is 4.79 Å². The van der Waals surface area contributed by atoms with Crippen molar-refractivity contribution < 1.29 is 19.1 Å². The number of nitrogens with zero attached hydrogens (tertiary/aromatic N) is 1. The number of carbonyl (C=O) groups excluding carboxylic acids is 2. The molecule has 1 unspecified atom stereocenters. The number of fused-ring (bicyclic) bond motifs is 1. The molecular weight excluding hydrogens is 332 g/mol. The van der Waals surface area contributed by atoms with Crippen LogP contribution in [0.1, 0.15) is 49.4 Å². The number of benzene rings is 1. The van der Waals surface area contributed by atoms with Crippen molar-refractivity contribution in [2.24, 2.45) is 0 Å². The largest absolute Gasteiger partial charge is 0.486 e. The Kier molecular flexibility index (Phi) is 6.50. The summed E-state index contributed by atoms with van der Waals surface area (Å²) >= 11 is 0. The molecule has 2 heterocycles. The first-order chi connectivity index (χ1) is 12.6. The molecular formula is C20H28N2O4. The highest BCUT2D eigenvalue weighted by molar-refractivity contribution is 5.98. The summed E-state index contributed by atoms with van der Waals surface area (Å²) in [6.07, 6.45) is 4.19. The Hall–Kier alpha value is -2.08. The van der Waals surface area contributed by atoms with Crippen LogP contribution in [0.3, 0.4) is 0 Å². The number of likely N-dealkylation sites (tertiary alicyclic amines) is 1. The van der Waals surface area contributed by atoms with E-state index < -0.39 is 0 Å². The van der Waals surface area contributed by atoms with Gasteiger partial charge in [-0.1, -0.05) is 6.42 Å². The van der Waals surface area contributed by atoms with Gasteiger partial charge in [0.1, 0.15) is 13.2 Å². The first kappa shape index (κ1) is 18.7. The van der Waals surface area contributed by atoms with Crippen LogP contribution in [0.2, 0.25) is 0 Å². The third-order valence-corrected chi connectivity index (χ3v) is 5.05. The van der Waals surface area contributed by atoms with E-state index in [2.05, 4.69) is 17.1 Å². The van der Waals surface area contributed by atoms with E-state index in [1.54, 1.807) is 18.2 Å². The molecule has 142 valence electrons. The highest BCUT2D eigenvalue weighted by atomic mass is 16.6. The molecule has 1 aromatic carbocycles. The predicted octanol–water partition coefficient (Wildman–Crippen LogP) is 2.41. The molecule has 0 radical (unpaired) electrons. The number of hydrogen-bond donors (Lipinski definition) is 1. The fraction of sp³-hybridized carbons (Fsp3) is 0.600. The summed E-state index contributed by atoms with van der Waals surface area (Å²) in [7, 11) is 0. The van der Waals surface area contributed by atoms with Gasteiger partial charge in [0.2, 0.25) is 5.91 Å². The lowest BCUT2D eigenvalue weighted by molar-refractivity contribution is -0.121. The number of Topliss-reactive ketones (excluding diaryl/α,β-unsaturated/α-hetero) is 1. The van der Waals surface area contributed by atoms with Crippen LogP contribution in [0.15, 0.2) is 18.2 Å². The van der Waals surface area contributed by atoms with Gasteiger partial charge in [0, 0.05) is 31.0 Å². The fourth-order valence-electron chi connectivity index (χ4n) is 3.43. The molecule has 1 aromatic rings. The Morgan fingerprint density at radius 3 is 2.58 bits per heavy atom. The van der Waals surface area contributed by atoms with E-state index in [9.17, 15) is 9.59 Å². The number of ketones is 1. The van der Waals surface area contributed by atoms with E-state index in [-0.39, 0.29) is 24.5 Å². The topological polar surface area (TPSA) is 67.9 Å². The molecule has 1 atom stereocenters. The predicted molar refractivity (Wildman–Crippen MR) is 98.9 cm³/mol. The van der Waals surface area contributed by atoms with Crippen LogP contribution in [0, 0.1) is 0 Å². The zero-order chi connectivity index (χ0) is 18.4. The second kappa shape index (κ2) is 9.03. The molecule has 0 aliphatic carbocycles. The summed E-state index contributed by atoms with van der Waals surface area (Å²) in [5.74, 6) is 1.14. The number of amides is 1. The molecule has 0 bridgehead atoms. The first-order valence-corrected chi connectivity index (χ1v) is 9.57. The van der Waals surface area contributed by atoms with E-state index in [0.717, 1.165) is 13.1 Å². The van der Waals surface area contributed by atoms with Gasteiger partial charge in [-0.15, -0.1) is 0 Å². The monoisotopic (exact) mass is 360 g/mol. The standard InChI is InChI=1S/C20H28N2O4/c1-15(22-9-3-2-4-10-22)14-21-20(24)8-6-17(23)16-5-7-18-19(13-16)26-12-11-25-18/h5,7,13,15H,2-4,6,8-12,14H2,1H3,(H,21,24). The number of nitrogens with one attached hydrogen (secondary N) is 1. The summed E-state index contributed by atoms with van der Waals surface area (Å²) in [5.41, 5.74) is 0.559. The molecule has 1 saturated heterocycles. The molecule has 1 N–H and O–H groups in total. The zero-order valence-corrected chi connectivity index (χ0v) is 15.5. The van der Waals surface area contributed by atoms with Gasteiger partial charge < -0.3 is 14.8 Å². The SMILES string of the molecule is CC(CNC(=O)CCC(=O)c1ccc2c(c1)OCCO2)N1CCCCC1. The molecule has 26 heavy (non-hydrogen) atoms. The van der Waals surface area contributed by atoms with E-state index in [1.807, 2.05) is 0 Å². The van der Waals surface area contributed by atoms with Crippen molar-refractivity contribution >= 4 is 11.7 Å². The van der Waals surface area contributed by atoms with Gasteiger partial charge in [-0.05, 0) is 51.1 Å². The lowest BCUT2D eigenvalue weighted by Gasteiger charge is -2.32. The van der Waals surface area contributed by atoms with E-state index in [4.69, 9.17) is 9.47 Å². The van der Waals surface area contributed by atoms with Crippen molar-refractivity contribution in [3.63, 3.8) is 0 Å². The Morgan fingerprint density at radius 2 is 1.81 bits per heavy atom. The molecule has 0 aromatic heterocycles. The summed E-state index contributed by atoms with van der Waals surface area (Å²) in [5, 5.41) is 2.96. The first-order valence-electron chi connectivity index (χ1n) is 9.57. The van der Waals surface area contributed by atoms with E-state index >= 15 is 0 Å². The van der Waals surface area contributed by atoms with Crippen LogP contribution < -0.4 is 14.8 Å². The molecule has 0 saturated carbocycles. The maximum Gasteiger partial charge on any atom is 0.220 e. The Balaban J connectivity index is 1.41. The van der Waals surface area contributed by atoms with Crippen LogP contribution in [-0.4, -0.2) is 55.5 Å². The highest BCUT2D eigenvalue weighted by Gasteiger charge is 2.18. The fourth-order valence-corrected chi connectivity index (χ4v) is 3.43. The second-order valence-corrected chi connectivity index (χ2v) is 7.03. The molecule has 0 spiro atoms. The highest BCUT2D eigenvalue weighted by Crippen LogP contribution is 2.31.